The van der Waals surface area contributed by atoms with E-state index in [1.165, 1.54) is 16.4 Å². The van der Waals surface area contributed by atoms with Gasteiger partial charge in [0.1, 0.15) is 0 Å². The summed E-state index contributed by atoms with van der Waals surface area (Å²) in [5, 5.41) is 0. The summed E-state index contributed by atoms with van der Waals surface area (Å²) in [5.74, 6) is -0.0536. The summed E-state index contributed by atoms with van der Waals surface area (Å²) in [6.45, 7) is 2.57. The molecule has 0 N–H and O–H groups in total. The molecule has 2 fully saturated rings. The van der Waals surface area contributed by atoms with Crippen molar-refractivity contribution in [2.45, 2.75) is 37.1 Å². The Kier molecular flexibility index (Phi) is 4.91. The first kappa shape index (κ1) is 18.3. The molecule has 0 saturated carbocycles. The molecular formula is C16H22N2O5S2. The summed E-state index contributed by atoms with van der Waals surface area (Å²) >= 11 is 0. The fraction of sp³-hybridized carbons (Fsp3) is 0.562. The molecule has 2 aliphatic rings. The van der Waals surface area contributed by atoms with Crippen LogP contribution >= 0.6 is 0 Å². The van der Waals surface area contributed by atoms with Gasteiger partial charge in [-0.05, 0) is 37.1 Å². The van der Waals surface area contributed by atoms with Crippen LogP contribution in [-0.4, -0.2) is 57.7 Å². The zero-order valence-corrected chi connectivity index (χ0v) is 15.7. The van der Waals surface area contributed by atoms with E-state index in [2.05, 4.69) is 0 Å². The van der Waals surface area contributed by atoms with Gasteiger partial charge in [0.25, 0.3) is 0 Å². The quantitative estimate of drug-likeness (QED) is 0.753. The van der Waals surface area contributed by atoms with Gasteiger partial charge < -0.3 is 4.90 Å². The molecule has 0 spiro atoms. The highest BCUT2D eigenvalue weighted by molar-refractivity contribution is 7.92. The van der Waals surface area contributed by atoms with E-state index in [-0.39, 0.29) is 28.9 Å². The lowest BCUT2D eigenvalue weighted by Crippen LogP contribution is -2.40. The summed E-state index contributed by atoms with van der Waals surface area (Å²) < 4.78 is 50.5. The number of rotatable bonds is 5. The predicted molar refractivity (Wildman–Crippen MR) is 94.7 cm³/mol. The number of amides is 1. The second-order valence-corrected chi connectivity index (χ2v) is 10.5. The average molecular weight is 386 g/mol. The van der Waals surface area contributed by atoms with Crippen LogP contribution in [0.1, 0.15) is 26.2 Å². The number of hydrogen-bond donors (Lipinski definition) is 0. The van der Waals surface area contributed by atoms with Gasteiger partial charge in [-0.3, -0.25) is 4.79 Å². The molecule has 0 aromatic heterocycles. The number of nitrogens with zero attached hydrogens (tertiary/aromatic N) is 2. The highest BCUT2D eigenvalue weighted by Crippen LogP contribution is 2.27. The minimum absolute atomic E-state index is 0.0275. The van der Waals surface area contributed by atoms with Crippen LogP contribution in [0.4, 0.5) is 5.69 Å². The Hall–Kier alpha value is -1.45. The Labute approximate surface area is 148 Å². The standard InChI is InChI=1S/C16H22N2O5S2/c1-2-18(14-9-11-24(20,21)12-14)25(22,23)15-7-5-13(6-8-15)17-10-3-4-16(17)19/h5-8,14H,2-4,9-12H2,1H3/t14-/m0/s1. The van der Waals surface area contributed by atoms with Crippen LogP contribution in [0.2, 0.25) is 0 Å². The largest absolute Gasteiger partial charge is 0.312 e. The number of hydrogen-bond acceptors (Lipinski definition) is 5. The highest BCUT2D eigenvalue weighted by Gasteiger charge is 2.38. The van der Waals surface area contributed by atoms with Gasteiger partial charge >= 0.3 is 0 Å². The maximum absolute atomic E-state index is 12.9. The predicted octanol–water partition coefficient (Wildman–Crippen LogP) is 1.01. The monoisotopic (exact) mass is 386 g/mol. The van der Waals surface area contributed by atoms with Crippen molar-refractivity contribution >= 4 is 31.5 Å². The van der Waals surface area contributed by atoms with Crippen LogP contribution in [0.5, 0.6) is 0 Å². The Morgan fingerprint density at radius 3 is 2.40 bits per heavy atom. The number of anilines is 1. The molecule has 2 saturated heterocycles. The third-order valence-corrected chi connectivity index (χ3v) is 8.55. The summed E-state index contributed by atoms with van der Waals surface area (Å²) in [6.07, 6.45) is 1.65. The molecule has 1 atom stereocenters. The average Bonchev–Trinajstić information content (AvgIpc) is 3.13. The Bertz CT molecular complexity index is 862. The molecule has 0 radical (unpaired) electrons. The van der Waals surface area contributed by atoms with E-state index in [0.717, 1.165) is 6.42 Å². The lowest BCUT2D eigenvalue weighted by Gasteiger charge is -2.26. The molecule has 1 aromatic rings. The third-order valence-electron chi connectivity index (χ3n) is 4.76. The second-order valence-electron chi connectivity index (χ2n) is 6.41. The van der Waals surface area contributed by atoms with Gasteiger partial charge in [0.2, 0.25) is 15.9 Å². The van der Waals surface area contributed by atoms with Crippen molar-refractivity contribution in [3.63, 3.8) is 0 Å². The Morgan fingerprint density at radius 2 is 1.92 bits per heavy atom. The first-order valence-electron chi connectivity index (χ1n) is 8.37. The van der Waals surface area contributed by atoms with Crippen molar-refractivity contribution < 1.29 is 21.6 Å². The van der Waals surface area contributed by atoms with Crippen molar-refractivity contribution in [1.82, 2.24) is 4.31 Å². The van der Waals surface area contributed by atoms with Crippen LogP contribution < -0.4 is 4.90 Å². The first-order valence-corrected chi connectivity index (χ1v) is 11.6. The number of carbonyl (C=O) groups is 1. The van der Waals surface area contributed by atoms with Crippen molar-refractivity contribution in [2.75, 3.05) is 29.5 Å². The fourth-order valence-electron chi connectivity index (χ4n) is 3.48. The third kappa shape index (κ3) is 3.58. The molecule has 0 aliphatic carbocycles. The molecule has 2 heterocycles. The maximum atomic E-state index is 12.9. The fourth-order valence-corrected chi connectivity index (χ4v) is 6.97. The minimum atomic E-state index is -3.77. The number of carbonyl (C=O) groups excluding carboxylic acids is 1. The van der Waals surface area contributed by atoms with Gasteiger partial charge in [-0.2, -0.15) is 4.31 Å². The first-order chi connectivity index (χ1) is 11.7. The summed E-state index contributed by atoms with van der Waals surface area (Å²) in [5.41, 5.74) is 0.688. The summed E-state index contributed by atoms with van der Waals surface area (Å²) in [7, 11) is -6.94. The van der Waals surface area contributed by atoms with Crippen molar-refractivity contribution in [1.29, 1.82) is 0 Å². The molecule has 1 aromatic carbocycles. The molecule has 9 heteroatoms. The zero-order valence-electron chi connectivity index (χ0n) is 14.1. The van der Waals surface area contributed by atoms with Gasteiger partial charge in [-0.1, -0.05) is 6.92 Å². The van der Waals surface area contributed by atoms with Crippen molar-refractivity contribution in [3.8, 4) is 0 Å². The lowest BCUT2D eigenvalue weighted by atomic mass is 10.3. The smallest absolute Gasteiger partial charge is 0.243 e. The van der Waals surface area contributed by atoms with E-state index in [4.69, 9.17) is 0 Å². The Balaban J connectivity index is 1.84. The lowest BCUT2D eigenvalue weighted by molar-refractivity contribution is -0.117. The van der Waals surface area contributed by atoms with Crippen molar-refractivity contribution in [2.24, 2.45) is 0 Å². The minimum Gasteiger partial charge on any atom is -0.312 e. The van der Waals surface area contributed by atoms with Gasteiger partial charge in [0.05, 0.1) is 16.4 Å². The Morgan fingerprint density at radius 1 is 1.24 bits per heavy atom. The van der Waals surface area contributed by atoms with Crippen LogP contribution in [0, 0.1) is 0 Å². The summed E-state index contributed by atoms with van der Waals surface area (Å²) in [6, 6.07) is 5.73. The van der Waals surface area contributed by atoms with E-state index < -0.39 is 25.9 Å². The molecule has 138 valence electrons. The maximum Gasteiger partial charge on any atom is 0.243 e. The van der Waals surface area contributed by atoms with Gasteiger partial charge in [-0.15, -0.1) is 0 Å². The van der Waals surface area contributed by atoms with Gasteiger partial charge in [0.15, 0.2) is 9.84 Å². The summed E-state index contributed by atoms with van der Waals surface area (Å²) in [4.78, 5) is 13.6. The molecule has 0 bridgehead atoms. The number of sulfonamides is 1. The number of benzene rings is 1. The van der Waals surface area contributed by atoms with E-state index in [0.29, 0.717) is 25.1 Å². The molecule has 1 amide bonds. The van der Waals surface area contributed by atoms with Crippen LogP contribution in [0.15, 0.2) is 29.2 Å². The van der Waals surface area contributed by atoms with Crippen LogP contribution in [0.25, 0.3) is 0 Å². The van der Waals surface area contributed by atoms with Crippen LogP contribution in [0.3, 0.4) is 0 Å². The molecule has 3 rings (SSSR count). The zero-order chi connectivity index (χ0) is 18.2. The van der Waals surface area contributed by atoms with E-state index in [9.17, 15) is 21.6 Å². The highest BCUT2D eigenvalue weighted by atomic mass is 32.2. The molecule has 7 nitrogen and oxygen atoms in total. The molecule has 2 aliphatic heterocycles. The molecular weight excluding hydrogens is 364 g/mol. The topological polar surface area (TPSA) is 91.8 Å². The number of sulfone groups is 1. The van der Waals surface area contributed by atoms with E-state index in [1.807, 2.05) is 0 Å². The van der Waals surface area contributed by atoms with E-state index in [1.54, 1.807) is 24.0 Å². The SMILES string of the molecule is CCN([C@H]1CCS(=O)(=O)C1)S(=O)(=O)c1ccc(N2CCCC2=O)cc1. The van der Waals surface area contributed by atoms with Gasteiger partial charge in [-0.25, -0.2) is 16.8 Å². The molecule has 25 heavy (non-hydrogen) atoms. The second kappa shape index (κ2) is 6.69. The van der Waals surface area contributed by atoms with Crippen LogP contribution in [-0.2, 0) is 24.7 Å². The molecule has 0 unspecified atom stereocenters. The van der Waals surface area contributed by atoms with Crippen molar-refractivity contribution in [3.05, 3.63) is 24.3 Å². The van der Waals surface area contributed by atoms with E-state index >= 15 is 0 Å². The normalized spacial score (nSPS) is 23.5. The van der Waals surface area contributed by atoms with Gasteiger partial charge in [0, 0.05) is 31.2 Å².